The third kappa shape index (κ3) is 3.46. The summed E-state index contributed by atoms with van der Waals surface area (Å²) in [6, 6.07) is 15.1. The molecule has 1 saturated heterocycles. The second kappa shape index (κ2) is 7.34. The summed E-state index contributed by atoms with van der Waals surface area (Å²) in [7, 11) is 0. The number of halogens is 1. The molecule has 126 valence electrons. The van der Waals surface area contributed by atoms with Gasteiger partial charge in [-0.05, 0) is 30.7 Å². The van der Waals surface area contributed by atoms with Gasteiger partial charge in [0, 0.05) is 22.7 Å². The lowest BCUT2D eigenvalue weighted by molar-refractivity contribution is -0.0486. The molecule has 0 aromatic heterocycles. The van der Waals surface area contributed by atoms with Gasteiger partial charge in [-0.1, -0.05) is 41.9 Å². The van der Waals surface area contributed by atoms with Gasteiger partial charge in [0.05, 0.1) is 19.2 Å². The van der Waals surface area contributed by atoms with Crippen molar-refractivity contribution in [2.75, 3.05) is 13.2 Å². The standard InChI is InChI=1S/C19H21ClN2O2/c1-13-12-24-18(16-4-2-3-5-17(16)20)11-22(13)19(23)15-8-6-14(10-21)7-9-15/h2-9,13,18H,10-12,21H2,1H3/t13-,18-/m1/s1. The van der Waals surface area contributed by atoms with Crippen molar-refractivity contribution in [3.63, 3.8) is 0 Å². The third-order valence-electron chi connectivity index (χ3n) is 4.38. The van der Waals surface area contributed by atoms with E-state index in [1.165, 1.54) is 0 Å². The zero-order chi connectivity index (χ0) is 17.1. The summed E-state index contributed by atoms with van der Waals surface area (Å²) < 4.78 is 5.92. The predicted molar refractivity (Wildman–Crippen MR) is 95.0 cm³/mol. The molecule has 1 aliphatic rings. The van der Waals surface area contributed by atoms with Gasteiger partial charge in [0.1, 0.15) is 6.10 Å². The van der Waals surface area contributed by atoms with Gasteiger partial charge in [0.15, 0.2) is 0 Å². The molecule has 2 N–H and O–H groups in total. The van der Waals surface area contributed by atoms with Crippen LogP contribution >= 0.6 is 11.6 Å². The minimum absolute atomic E-state index is 0.00595. The highest BCUT2D eigenvalue weighted by Crippen LogP contribution is 2.30. The fourth-order valence-electron chi connectivity index (χ4n) is 2.91. The number of rotatable bonds is 3. The zero-order valence-electron chi connectivity index (χ0n) is 13.6. The van der Waals surface area contributed by atoms with Crippen LogP contribution in [0.4, 0.5) is 0 Å². The second-order valence-electron chi connectivity index (χ2n) is 6.05. The summed E-state index contributed by atoms with van der Waals surface area (Å²) in [4.78, 5) is 14.7. The zero-order valence-corrected chi connectivity index (χ0v) is 14.4. The Balaban J connectivity index is 1.80. The summed E-state index contributed by atoms with van der Waals surface area (Å²) in [5.41, 5.74) is 8.21. The topological polar surface area (TPSA) is 55.6 Å². The highest BCUT2D eigenvalue weighted by atomic mass is 35.5. The van der Waals surface area contributed by atoms with Gasteiger partial charge in [-0.15, -0.1) is 0 Å². The number of benzene rings is 2. The maximum absolute atomic E-state index is 12.9. The van der Waals surface area contributed by atoms with Crippen LogP contribution in [0.5, 0.6) is 0 Å². The van der Waals surface area contributed by atoms with Crippen LogP contribution in [0, 0.1) is 0 Å². The molecule has 0 aliphatic carbocycles. The Bertz CT molecular complexity index is 718. The largest absolute Gasteiger partial charge is 0.369 e. The molecular formula is C19H21ClN2O2. The van der Waals surface area contributed by atoms with E-state index in [4.69, 9.17) is 22.1 Å². The lowest BCUT2D eigenvalue weighted by Gasteiger charge is -2.38. The van der Waals surface area contributed by atoms with Crippen molar-refractivity contribution in [1.29, 1.82) is 0 Å². The van der Waals surface area contributed by atoms with Crippen molar-refractivity contribution >= 4 is 17.5 Å². The Labute approximate surface area is 147 Å². The summed E-state index contributed by atoms with van der Waals surface area (Å²) in [6.45, 7) is 3.44. The first-order valence-corrected chi connectivity index (χ1v) is 8.44. The quantitative estimate of drug-likeness (QED) is 0.928. The second-order valence-corrected chi connectivity index (χ2v) is 6.46. The fourth-order valence-corrected chi connectivity index (χ4v) is 3.17. The number of ether oxygens (including phenoxy) is 1. The van der Waals surface area contributed by atoms with Crippen LogP contribution in [0.15, 0.2) is 48.5 Å². The maximum Gasteiger partial charge on any atom is 0.254 e. The molecule has 0 radical (unpaired) electrons. The lowest BCUT2D eigenvalue weighted by Crippen LogP contribution is -2.48. The third-order valence-corrected chi connectivity index (χ3v) is 4.73. The predicted octanol–water partition coefficient (Wildman–Crippen LogP) is 3.40. The van der Waals surface area contributed by atoms with E-state index in [0.717, 1.165) is 11.1 Å². The van der Waals surface area contributed by atoms with Gasteiger partial charge < -0.3 is 15.4 Å². The summed E-state index contributed by atoms with van der Waals surface area (Å²) in [6.07, 6.45) is -0.206. The minimum Gasteiger partial charge on any atom is -0.369 e. The van der Waals surface area contributed by atoms with Crippen LogP contribution in [-0.4, -0.2) is 30.0 Å². The van der Waals surface area contributed by atoms with E-state index in [2.05, 4.69) is 0 Å². The number of amides is 1. The van der Waals surface area contributed by atoms with Crippen molar-refractivity contribution in [1.82, 2.24) is 4.90 Å². The molecule has 1 amide bonds. The number of carbonyl (C=O) groups excluding carboxylic acids is 1. The van der Waals surface area contributed by atoms with Gasteiger partial charge in [-0.2, -0.15) is 0 Å². The van der Waals surface area contributed by atoms with Crippen LogP contribution in [-0.2, 0) is 11.3 Å². The van der Waals surface area contributed by atoms with Gasteiger partial charge in [-0.3, -0.25) is 4.79 Å². The van der Waals surface area contributed by atoms with Gasteiger partial charge in [-0.25, -0.2) is 0 Å². The Hall–Kier alpha value is -1.88. The van der Waals surface area contributed by atoms with Crippen molar-refractivity contribution in [3.05, 3.63) is 70.2 Å². The lowest BCUT2D eigenvalue weighted by atomic mass is 10.0. The average molecular weight is 345 g/mol. The van der Waals surface area contributed by atoms with Gasteiger partial charge in [0.25, 0.3) is 5.91 Å². The molecule has 1 fully saturated rings. The molecule has 0 bridgehead atoms. The van der Waals surface area contributed by atoms with Crippen LogP contribution in [0.2, 0.25) is 5.02 Å². The number of nitrogens with zero attached hydrogens (tertiary/aromatic N) is 1. The van der Waals surface area contributed by atoms with E-state index in [0.29, 0.717) is 30.3 Å². The summed E-state index contributed by atoms with van der Waals surface area (Å²) in [5, 5.41) is 0.664. The van der Waals surface area contributed by atoms with Crippen molar-refractivity contribution < 1.29 is 9.53 Å². The highest BCUT2D eigenvalue weighted by Gasteiger charge is 2.31. The van der Waals surface area contributed by atoms with Crippen LogP contribution < -0.4 is 5.73 Å². The Morgan fingerprint density at radius 3 is 2.62 bits per heavy atom. The molecular weight excluding hydrogens is 324 g/mol. The Morgan fingerprint density at radius 2 is 1.96 bits per heavy atom. The average Bonchev–Trinajstić information content (AvgIpc) is 2.62. The van der Waals surface area contributed by atoms with E-state index in [1.807, 2.05) is 60.4 Å². The molecule has 3 rings (SSSR count). The normalized spacial score (nSPS) is 20.9. The number of morpholine rings is 1. The molecule has 1 heterocycles. The molecule has 0 saturated carbocycles. The van der Waals surface area contributed by atoms with E-state index in [9.17, 15) is 4.79 Å². The monoisotopic (exact) mass is 344 g/mol. The Kier molecular flexibility index (Phi) is 5.19. The van der Waals surface area contributed by atoms with Crippen LogP contribution in [0.1, 0.15) is 34.5 Å². The van der Waals surface area contributed by atoms with Crippen molar-refractivity contribution in [3.8, 4) is 0 Å². The first-order chi connectivity index (χ1) is 11.6. The fraction of sp³-hybridized carbons (Fsp3) is 0.316. The molecule has 2 aromatic carbocycles. The molecule has 1 aliphatic heterocycles. The number of nitrogens with two attached hydrogens (primary N) is 1. The van der Waals surface area contributed by atoms with Crippen LogP contribution in [0.3, 0.4) is 0 Å². The van der Waals surface area contributed by atoms with E-state index in [-0.39, 0.29) is 18.1 Å². The van der Waals surface area contributed by atoms with Crippen molar-refractivity contribution in [2.24, 2.45) is 5.73 Å². The highest BCUT2D eigenvalue weighted by molar-refractivity contribution is 6.31. The minimum atomic E-state index is -0.206. The van der Waals surface area contributed by atoms with Crippen LogP contribution in [0.25, 0.3) is 0 Å². The Morgan fingerprint density at radius 1 is 1.25 bits per heavy atom. The first kappa shape index (κ1) is 17.0. The van der Waals surface area contributed by atoms with E-state index in [1.54, 1.807) is 0 Å². The molecule has 5 heteroatoms. The summed E-state index contributed by atoms with van der Waals surface area (Å²) in [5.74, 6) is 0.00595. The number of carbonyl (C=O) groups is 1. The van der Waals surface area contributed by atoms with E-state index >= 15 is 0 Å². The smallest absolute Gasteiger partial charge is 0.254 e. The number of hydrogen-bond acceptors (Lipinski definition) is 3. The molecule has 24 heavy (non-hydrogen) atoms. The molecule has 2 atom stereocenters. The summed E-state index contributed by atoms with van der Waals surface area (Å²) >= 11 is 6.28. The first-order valence-electron chi connectivity index (χ1n) is 8.06. The van der Waals surface area contributed by atoms with Gasteiger partial charge >= 0.3 is 0 Å². The van der Waals surface area contributed by atoms with E-state index < -0.39 is 0 Å². The van der Waals surface area contributed by atoms with Gasteiger partial charge in [0.2, 0.25) is 0 Å². The molecule has 0 unspecified atom stereocenters. The maximum atomic E-state index is 12.9. The molecule has 0 spiro atoms. The molecule has 4 nitrogen and oxygen atoms in total. The van der Waals surface area contributed by atoms with Crippen molar-refractivity contribution in [2.45, 2.75) is 25.6 Å². The SMILES string of the molecule is C[C@@H]1CO[C@@H](c2ccccc2Cl)CN1C(=O)c1ccc(CN)cc1. The number of hydrogen-bond donors (Lipinski definition) is 1. The molecule has 2 aromatic rings.